The summed E-state index contributed by atoms with van der Waals surface area (Å²) in [6.45, 7) is 1.32. The van der Waals surface area contributed by atoms with Crippen LogP contribution in [0.3, 0.4) is 0 Å². The van der Waals surface area contributed by atoms with E-state index >= 15 is 0 Å². The third-order valence-corrected chi connectivity index (χ3v) is 2.46. The molecule has 3 nitrogen and oxygen atoms in total. The van der Waals surface area contributed by atoms with Gasteiger partial charge in [-0.3, -0.25) is 4.79 Å². The van der Waals surface area contributed by atoms with Crippen molar-refractivity contribution < 1.29 is 9.53 Å². The number of hydrogen-bond acceptors (Lipinski definition) is 3. The SMILES string of the molecule is CC(=O)Oc1cc(-c2ccccc2)ccc1C#N. The maximum absolute atomic E-state index is 11.0. The van der Waals surface area contributed by atoms with E-state index in [1.165, 1.54) is 6.92 Å². The first-order valence-electron chi connectivity index (χ1n) is 5.48. The number of carbonyl (C=O) groups excluding carboxylic acids is 1. The quantitative estimate of drug-likeness (QED) is 0.595. The van der Waals surface area contributed by atoms with Gasteiger partial charge < -0.3 is 4.74 Å². The van der Waals surface area contributed by atoms with Crippen LogP contribution >= 0.6 is 0 Å². The molecule has 0 saturated carbocycles. The van der Waals surface area contributed by atoms with E-state index in [-0.39, 0.29) is 0 Å². The third kappa shape index (κ3) is 2.55. The molecule has 0 aliphatic carbocycles. The highest BCUT2D eigenvalue weighted by molar-refractivity contribution is 5.73. The highest BCUT2D eigenvalue weighted by atomic mass is 16.5. The minimum atomic E-state index is -0.434. The van der Waals surface area contributed by atoms with Crippen LogP contribution < -0.4 is 4.74 Å². The molecule has 0 saturated heterocycles. The van der Waals surface area contributed by atoms with Crippen LogP contribution in [0.4, 0.5) is 0 Å². The fourth-order valence-corrected chi connectivity index (χ4v) is 1.66. The lowest BCUT2D eigenvalue weighted by Crippen LogP contribution is -2.03. The highest BCUT2D eigenvalue weighted by Crippen LogP contribution is 2.27. The second-order valence-corrected chi connectivity index (χ2v) is 3.78. The molecule has 2 aromatic rings. The van der Waals surface area contributed by atoms with E-state index in [9.17, 15) is 4.79 Å². The fraction of sp³-hybridized carbons (Fsp3) is 0.0667. The molecule has 0 bridgehead atoms. The van der Waals surface area contributed by atoms with Gasteiger partial charge in [-0.15, -0.1) is 0 Å². The van der Waals surface area contributed by atoms with Gasteiger partial charge in [0.1, 0.15) is 11.8 Å². The van der Waals surface area contributed by atoms with Crippen molar-refractivity contribution in [3.8, 4) is 22.9 Å². The average molecular weight is 237 g/mol. The normalized spacial score (nSPS) is 9.56. The van der Waals surface area contributed by atoms with Gasteiger partial charge in [0.15, 0.2) is 0 Å². The third-order valence-electron chi connectivity index (χ3n) is 2.46. The molecule has 2 aromatic carbocycles. The molecule has 0 aliphatic heterocycles. The minimum absolute atomic E-state index is 0.298. The molecule has 3 heteroatoms. The Labute approximate surface area is 105 Å². The van der Waals surface area contributed by atoms with Crippen LogP contribution in [0, 0.1) is 11.3 Å². The first-order chi connectivity index (χ1) is 8.70. The number of esters is 1. The topological polar surface area (TPSA) is 50.1 Å². The van der Waals surface area contributed by atoms with Gasteiger partial charge in [-0.2, -0.15) is 5.26 Å². The number of carbonyl (C=O) groups is 1. The maximum atomic E-state index is 11.0. The molecule has 88 valence electrons. The zero-order valence-electron chi connectivity index (χ0n) is 9.88. The average Bonchev–Trinajstić information content (AvgIpc) is 2.39. The lowest BCUT2D eigenvalue weighted by atomic mass is 10.0. The first-order valence-corrected chi connectivity index (χ1v) is 5.48. The van der Waals surface area contributed by atoms with Gasteiger partial charge in [0.2, 0.25) is 0 Å². The number of hydrogen-bond donors (Lipinski definition) is 0. The van der Waals surface area contributed by atoms with Crippen molar-refractivity contribution in [2.75, 3.05) is 0 Å². The summed E-state index contributed by atoms with van der Waals surface area (Å²) in [5.41, 5.74) is 2.27. The summed E-state index contributed by atoms with van der Waals surface area (Å²) in [5.74, 6) is -0.136. The largest absolute Gasteiger partial charge is 0.425 e. The molecule has 0 aromatic heterocycles. The summed E-state index contributed by atoms with van der Waals surface area (Å²) >= 11 is 0. The van der Waals surface area contributed by atoms with E-state index in [2.05, 4.69) is 0 Å². The predicted molar refractivity (Wildman–Crippen MR) is 67.9 cm³/mol. The Kier molecular flexibility index (Phi) is 3.40. The second kappa shape index (κ2) is 5.15. The van der Waals surface area contributed by atoms with E-state index in [1.807, 2.05) is 42.5 Å². The van der Waals surface area contributed by atoms with Crippen LogP contribution in [-0.2, 0) is 4.79 Å². The Morgan fingerprint density at radius 2 is 1.83 bits per heavy atom. The van der Waals surface area contributed by atoms with Crippen molar-refractivity contribution >= 4 is 5.97 Å². The van der Waals surface area contributed by atoms with E-state index in [0.717, 1.165) is 11.1 Å². The zero-order valence-corrected chi connectivity index (χ0v) is 9.88. The van der Waals surface area contributed by atoms with E-state index in [0.29, 0.717) is 11.3 Å². The molecule has 0 unspecified atom stereocenters. The fourth-order valence-electron chi connectivity index (χ4n) is 1.66. The summed E-state index contributed by atoms with van der Waals surface area (Å²) in [5, 5.41) is 8.95. The van der Waals surface area contributed by atoms with Crippen LogP contribution in [0.25, 0.3) is 11.1 Å². The number of ether oxygens (including phenoxy) is 1. The summed E-state index contributed by atoms with van der Waals surface area (Å²) in [7, 11) is 0. The summed E-state index contributed by atoms with van der Waals surface area (Å²) < 4.78 is 5.04. The molecule has 0 amide bonds. The van der Waals surface area contributed by atoms with Crippen molar-refractivity contribution in [3.63, 3.8) is 0 Å². The Bertz CT molecular complexity index is 612. The van der Waals surface area contributed by atoms with Gasteiger partial charge in [-0.25, -0.2) is 0 Å². The van der Waals surface area contributed by atoms with Crippen LogP contribution in [0.15, 0.2) is 48.5 Å². The highest BCUT2D eigenvalue weighted by Gasteiger charge is 2.08. The lowest BCUT2D eigenvalue weighted by molar-refractivity contribution is -0.131. The van der Waals surface area contributed by atoms with Crippen LogP contribution in [0.5, 0.6) is 5.75 Å². The molecule has 0 aliphatic rings. The molecule has 0 heterocycles. The Morgan fingerprint density at radius 3 is 2.44 bits per heavy atom. The van der Waals surface area contributed by atoms with Crippen molar-refractivity contribution in [1.29, 1.82) is 5.26 Å². The van der Waals surface area contributed by atoms with Crippen molar-refractivity contribution in [3.05, 3.63) is 54.1 Å². The van der Waals surface area contributed by atoms with Gasteiger partial charge in [0.25, 0.3) is 0 Å². The van der Waals surface area contributed by atoms with Crippen LogP contribution in [0.2, 0.25) is 0 Å². The van der Waals surface area contributed by atoms with E-state index in [1.54, 1.807) is 12.1 Å². The van der Waals surface area contributed by atoms with Gasteiger partial charge in [0, 0.05) is 6.92 Å². The van der Waals surface area contributed by atoms with Crippen molar-refractivity contribution in [1.82, 2.24) is 0 Å². The van der Waals surface area contributed by atoms with Gasteiger partial charge >= 0.3 is 5.97 Å². The Hall–Kier alpha value is -2.60. The molecule has 0 radical (unpaired) electrons. The molecule has 0 spiro atoms. The number of nitriles is 1. The molecular formula is C15H11NO2. The summed E-state index contributed by atoms with van der Waals surface area (Å²) in [6, 6.07) is 16.9. The summed E-state index contributed by atoms with van der Waals surface area (Å²) in [4.78, 5) is 11.0. The van der Waals surface area contributed by atoms with Crippen LogP contribution in [0.1, 0.15) is 12.5 Å². The first kappa shape index (κ1) is 11.9. The molecule has 0 fully saturated rings. The van der Waals surface area contributed by atoms with Gasteiger partial charge in [-0.1, -0.05) is 36.4 Å². The lowest BCUT2D eigenvalue weighted by Gasteiger charge is -2.07. The second-order valence-electron chi connectivity index (χ2n) is 3.78. The number of rotatable bonds is 2. The smallest absolute Gasteiger partial charge is 0.308 e. The number of benzene rings is 2. The zero-order chi connectivity index (χ0) is 13.0. The van der Waals surface area contributed by atoms with Gasteiger partial charge in [-0.05, 0) is 23.3 Å². The van der Waals surface area contributed by atoms with Crippen molar-refractivity contribution in [2.45, 2.75) is 6.92 Å². The van der Waals surface area contributed by atoms with E-state index < -0.39 is 5.97 Å². The Balaban J connectivity index is 2.47. The van der Waals surface area contributed by atoms with Crippen molar-refractivity contribution in [2.24, 2.45) is 0 Å². The standard InChI is InChI=1S/C15H11NO2/c1-11(17)18-15-9-13(7-8-14(15)10-16)12-5-3-2-4-6-12/h2-9H,1H3. The molecular weight excluding hydrogens is 226 g/mol. The number of nitrogens with zero attached hydrogens (tertiary/aromatic N) is 1. The van der Waals surface area contributed by atoms with Crippen LogP contribution in [-0.4, -0.2) is 5.97 Å². The molecule has 0 N–H and O–H groups in total. The predicted octanol–water partition coefficient (Wildman–Crippen LogP) is 3.15. The van der Waals surface area contributed by atoms with Gasteiger partial charge in [0.05, 0.1) is 5.56 Å². The monoisotopic (exact) mass is 237 g/mol. The molecule has 2 rings (SSSR count). The molecule has 18 heavy (non-hydrogen) atoms. The van der Waals surface area contributed by atoms with E-state index in [4.69, 9.17) is 10.00 Å². The summed E-state index contributed by atoms with van der Waals surface area (Å²) in [6.07, 6.45) is 0. The minimum Gasteiger partial charge on any atom is -0.425 e. The molecule has 0 atom stereocenters. The maximum Gasteiger partial charge on any atom is 0.308 e. The Morgan fingerprint density at radius 1 is 1.11 bits per heavy atom.